The molecule has 0 unspecified atom stereocenters. The van der Waals surface area contributed by atoms with E-state index in [2.05, 4.69) is 10.3 Å². The second kappa shape index (κ2) is 5.92. The van der Waals surface area contributed by atoms with Crippen molar-refractivity contribution < 1.29 is 17.9 Å². The van der Waals surface area contributed by atoms with Crippen molar-refractivity contribution in [3.05, 3.63) is 48.2 Å². The van der Waals surface area contributed by atoms with E-state index in [0.717, 1.165) is 6.26 Å². The lowest BCUT2D eigenvalue weighted by Crippen LogP contribution is -2.14. The van der Waals surface area contributed by atoms with Crippen LogP contribution in [0.2, 0.25) is 0 Å². The average molecular weight is 306 g/mol. The van der Waals surface area contributed by atoms with Crippen molar-refractivity contribution in [2.75, 3.05) is 18.7 Å². The Morgan fingerprint density at radius 1 is 1.24 bits per heavy atom. The number of ether oxygens (including phenoxy) is 1. The maximum atomic E-state index is 12.2. The highest BCUT2D eigenvalue weighted by molar-refractivity contribution is 7.90. The van der Waals surface area contributed by atoms with Crippen molar-refractivity contribution in [2.45, 2.75) is 4.90 Å². The van der Waals surface area contributed by atoms with Crippen molar-refractivity contribution in [1.82, 2.24) is 4.98 Å². The van der Waals surface area contributed by atoms with E-state index in [9.17, 15) is 13.2 Å². The number of hydrogen-bond acceptors (Lipinski definition) is 5. The first-order chi connectivity index (χ1) is 9.91. The number of aromatic nitrogens is 1. The van der Waals surface area contributed by atoms with Crippen LogP contribution in [0, 0.1) is 0 Å². The van der Waals surface area contributed by atoms with E-state index in [1.165, 1.54) is 25.4 Å². The molecule has 0 aliphatic heterocycles. The summed E-state index contributed by atoms with van der Waals surface area (Å²) < 4.78 is 28.0. The second-order valence-corrected chi connectivity index (χ2v) is 6.33. The van der Waals surface area contributed by atoms with Gasteiger partial charge in [0.15, 0.2) is 9.84 Å². The van der Waals surface area contributed by atoms with Crippen LogP contribution < -0.4 is 10.1 Å². The van der Waals surface area contributed by atoms with Crippen LogP contribution in [0.15, 0.2) is 47.5 Å². The van der Waals surface area contributed by atoms with Gasteiger partial charge in [0.25, 0.3) is 5.91 Å². The van der Waals surface area contributed by atoms with Crippen molar-refractivity contribution in [3.8, 4) is 5.88 Å². The van der Waals surface area contributed by atoms with E-state index < -0.39 is 15.7 Å². The van der Waals surface area contributed by atoms with E-state index in [1.54, 1.807) is 24.3 Å². The number of sulfone groups is 1. The fraction of sp³-hybridized carbons (Fsp3) is 0.143. The number of amides is 1. The molecule has 0 bridgehead atoms. The van der Waals surface area contributed by atoms with Gasteiger partial charge < -0.3 is 10.1 Å². The molecule has 0 aliphatic carbocycles. The minimum Gasteiger partial charge on any atom is -0.480 e. The lowest BCUT2D eigenvalue weighted by Gasteiger charge is -2.09. The van der Waals surface area contributed by atoms with Crippen LogP contribution >= 0.6 is 0 Å². The van der Waals surface area contributed by atoms with Crippen LogP contribution in [-0.2, 0) is 9.84 Å². The van der Waals surface area contributed by atoms with Gasteiger partial charge in [-0.25, -0.2) is 13.4 Å². The lowest BCUT2D eigenvalue weighted by atomic mass is 10.2. The molecule has 1 aromatic heterocycles. The average Bonchev–Trinajstić information content (AvgIpc) is 2.46. The van der Waals surface area contributed by atoms with E-state index in [4.69, 9.17) is 4.74 Å². The fourth-order valence-corrected chi connectivity index (χ4v) is 2.40. The molecule has 0 aliphatic rings. The van der Waals surface area contributed by atoms with E-state index in [-0.39, 0.29) is 16.3 Å². The van der Waals surface area contributed by atoms with Crippen LogP contribution in [-0.4, -0.2) is 32.7 Å². The maximum absolute atomic E-state index is 12.2. The van der Waals surface area contributed by atoms with Crippen LogP contribution in [0.25, 0.3) is 0 Å². The van der Waals surface area contributed by atoms with Crippen molar-refractivity contribution in [1.29, 1.82) is 0 Å². The maximum Gasteiger partial charge on any atom is 0.261 e. The molecule has 0 saturated heterocycles. The van der Waals surface area contributed by atoms with Gasteiger partial charge in [0.2, 0.25) is 5.88 Å². The first kappa shape index (κ1) is 15.0. The number of rotatable bonds is 4. The zero-order chi connectivity index (χ0) is 15.5. The number of nitrogens with zero attached hydrogens (tertiary/aromatic N) is 1. The Bertz CT molecular complexity index is 772. The third kappa shape index (κ3) is 3.57. The molecular weight excluding hydrogens is 292 g/mol. The lowest BCUT2D eigenvalue weighted by molar-refractivity contribution is 0.102. The normalized spacial score (nSPS) is 11.0. The van der Waals surface area contributed by atoms with Gasteiger partial charge in [0.1, 0.15) is 5.56 Å². The first-order valence-electron chi connectivity index (χ1n) is 6.02. The Balaban J connectivity index is 2.28. The Hall–Kier alpha value is -2.41. The van der Waals surface area contributed by atoms with Crippen molar-refractivity contribution in [3.63, 3.8) is 0 Å². The monoisotopic (exact) mass is 306 g/mol. The Kier molecular flexibility index (Phi) is 4.23. The van der Waals surface area contributed by atoms with E-state index >= 15 is 0 Å². The molecule has 21 heavy (non-hydrogen) atoms. The molecule has 1 heterocycles. The highest BCUT2D eigenvalue weighted by Gasteiger charge is 2.14. The molecule has 1 amide bonds. The SMILES string of the molecule is COc1ncccc1C(=O)Nc1cccc(S(C)(=O)=O)c1. The van der Waals surface area contributed by atoms with Gasteiger partial charge >= 0.3 is 0 Å². The number of carbonyl (C=O) groups excluding carboxylic acids is 1. The molecule has 0 atom stereocenters. The summed E-state index contributed by atoms with van der Waals surface area (Å²) in [6.45, 7) is 0. The molecule has 0 radical (unpaired) electrons. The number of benzene rings is 1. The third-order valence-electron chi connectivity index (χ3n) is 2.73. The van der Waals surface area contributed by atoms with Crippen LogP contribution in [0.3, 0.4) is 0 Å². The Morgan fingerprint density at radius 3 is 2.67 bits per heavy atom. The molecule has 6 nitrogen and oxygen atoms in total. The number of methoxy groups -OCH3 is 1. The molecule has 1 aromatic carbocycles. The molecule has 0 fully saturated rings. The number of nitrogens with one attached hydrogen (secondary N) is 1. The molecule has 2 rings (SSSR count). The smallest absolute Gasteiger partial charge is 0.261 e. The number of carbonyl (C=O) groups is 1. The summed E-state index contributed by atoms with van der Waals surface area (Å²) in [5.74, 6) is -0.222. The zero-order valence-corrected chi connectivity index (χ0v) is 12.3. The molecule has 1 N–H and O–H groups in total. The zero-order valence-electron chi connectivity index (χ0n) is 11.5. The van der Waals surface area contributed by atoms with E-state index in [1.807, 2.05) is 0 Å². The minimum absolute atomic E-state index is 0.137. The van der Waals surface area contributed by atoms with Gasteiger partial charge in [-0.3, -0.25) is 4.79 Å². The Morgan fingerprint density at radius 2 is 2.00 bits per heavy atom. The summed E-state index contributed by atoms with van der Waals surface area (Å²) in [6, 6.07) is 9.22. The van der Waals surface area contributed by atoms with Gasteiger partial charge in [0, 0.05) is 18.1 Å². The fourth-order valence-electron chi connectivity index (χ4n) is 1.73. The molecular formula is C14H14N2O4S. The predicted octanol–water partition coefficient (Wildman–Crippen LogP) is 1.75. The highest BCUT2D eigenvalue weighted by Crippen LogP contribution is 2.19. The molecule has 2 aromatic rings. The largest absolute Gasteiger partial charge is 0.480 e. The van der Waals surface area contributed by atoms with Gasteiger partial charge in [-0.2, -0.15) is 0 Å². The van der Waals surface area contributed by atoms with Crippen LogP contribution in [0.5, 0.6) is 5.88 Å². The number of hydrogen-bond donors (Lipinski definition) is 1. The summed E-state index contributed by atoms with van der Waals surface area (Å²) in [5.41, 5.74) is 0.651. The highest BCUT2D eigenvalue weighted by atomic mass is 32.2. The van der Waals surface area contributed by atoms with Gasteiger partial charge in [0.05, 0.1) is 12.0 Å². The van der Waals surface area contributed by atoms with E-state index in [0.29, 0.717) is 5.69 Å². The van der Waals surface area contributed by atoms with Crippen LogP contribution in [0.4, 0.5) is 5.69 Å². The molecule has 7 heteroatoms. The minimum atomic E-state index is -3.33. The summed E-state index contributed by atoms with van der Waals surface area (Å²) >= 11 is 0. The third-order valence-corrected chi connectivity index (χ3v) is 3.84. The summed E-state index contributed by atoms with van der Waals surface area (Å²) in [6.07, 6.45) is 2.62. The standard InChI is InChI=1S/C14H14N2O4S/c1-20-14-12(7-4-8-15-14)13(17)16-10-5-3-6-11(9-10)21(2,18)19/h3-9H,1-2H3,(H,16,17). The van der Waals surface area contributed by atoms with Gasteiger partial charge in [-0.05, 0) is 30.3 Å². The van der Waals surface area contributed by atoms with Gasteiger partial charge in [-0.1, -0.05) is 6.07 Å². The summed E-state index contributed by atoms with van der Waals surface area (Å²) in [7, 11) is -1.91. The molecule has 0 saturated carbocycles. The molecule has 0 spiro atoms. The quantitative estimate of drug-likeness (QED) is 0.930. The number of pyridine rings is 1. The van der Waals surface area contributed by atoms with Crippen molar-refractivity contribution in [2.24, 2.45) is 0 Å². The Labute approximate surface area is 122 Å². The van der Waals surface area contributed by atoms with Crippen molar-refractivity contribution >= 4 is 21.4 Å². The number of anilines is 1. The van der Waals surface area contributed by atoms with Crippen LogP contribution in [0.1, 0.15) is 10.4 Å². The second-order valence-electron chi connectivity index (χ2n) is 4.31. The summed E-state index contributed by atoms with van der Waals surface area (Å²) in [5, 5.41) is 2.62. The predicted molar refractivity (Wildman–Crippen MR) is 78.3 cm³/mol. The summed E-state index contributed by atoms with van der Waals surface area (Å²) in [4.78, 5) is 16.2. The topological polar surface area (TPSA) is 85.4 Å². The van der Waals surface area contributed by atoms with Gasteiger partial charge in [-0.15, -0.1) is 0 Å². The first-order valence-corrected chi connectivity index (χ1v) is 7.91. The molecule has 110 valence electrons.